The predicted molar refractivity (Wildman–Crippen MR) is 95.8 cm³/mol. The van der Waals surface area contributed by atoms with Gasteiger partial charge in [-0.25, -0.2) is 4.79 Å². The Bertz CT molecular complexity index is 881. The lowest BCUT2D eigenvalue weighted by atomic mass is 10.1. The molecular formula is C17H22N2O5Si. The number of hydrogen-bond donors (Lipinski definition) is 1. The van der Waals surface area contributed by atoms with Crippen LogP contribution in [0.1, 0.15) is 18.7 Å². The molecule has 0 spiro atoms. The molecule has 2 heterocycles. The first-order valence-corrected chi connectivity index (χ1v) is 11.4. The average molecular weight is 362 g/mol. The first-order valence-electron chi connectivity index (χ1n) is 7.88. The molecule has 2 atom stereocenters. The molecule has 0 aliphatic carbocycles. The highest BCUT2D eigenvalue weighted by Crippen LogP contribution is 2.29. The zero-order valence-electron chi connectivity index (χ0n) is 15.0. The lowest BCUT2D eigenvalue weighted by molar-refractivity contribution is -0.148. The quantitative estimate of drug-likeness (QED) is 0.376. The van der Waals surface area contributed by atoms with Crippen molar-refractivity contribution in [1.29, 1.82) is 0 Å². The Morgan fingerprint density at radius 2 is 2.12 bits per heavy atom. The van der Waals surface area contributed by atoms with Crippen LogP contribution in [-0.2, 0) is 14.3 Å². The van der Waals surface area contributed by atoms with E-state index >= 15 is 0 Å². The van der Waals surface area contributed by atoms with Crippen LogP contribution in [0, 0.1) is 18.4 Å². The van der Waals surface area contributed by atoms with Crippen molar-refractivity contribution in [2.45, 2.75) is 45.3 Å². The second-order valence-corrected chi connectivity index (χ2v) is 11.8. The SMILES string of the molecule is CC(=O)OCC1(C#C[Si](C)(C)C)C=CC(n2cc(C)c(=O)[nH]c2=O)O1. The molecule has 2 unspecified atom stereocenters. The minimum atomic E-state index is -1.69. The fourth-order valence-corrected chi connectivity index (χ4v) is 2.73. The number of esters is 1. The Kier molecular flexibility index (Phi) is 5.20. The van der Waals surface area contributed by atoms with E-state index in [0.717, 1.165) is 0 Å². The summed E-state index contributed by atoms with van der Waals surface area (Å²) < 4.78 is 12.3. The van der Waals surface area contributed by atoms with E-state index in [4.69, 9.17) is 9.47 Å². The lowest BCUT2D eigenvalue weighted by Crippen LogP contribution is -2.38. The molecule has 0 fully saturated rings. The standard InChI is InChI=1S/C17H22N2O5Si/c1-12-10-19(16(22)18-15(12)21)14-6-7-17(24-14,11-23-13(2)20)8-9-25(3,4)5/h6-7,10,14H,11H2,1-5H3,(H,18,21,22). The number of aromatic amines is 1. The highest BCUT2D eigenvalue weighted by molar-refractivity contribution is 6.83. The summed E-state index contributed by atoms with van der Waals surface area (Å²) in [4.78, 5) is 37.0. The number of rotatable bonds is 3. The van der Waals surface area contributed by atoms with Gasteiger partial charge in [0.05, 0.1) is 0 Å². The van der Waals surface area contributed by atoms with Crippen LogP contribution in [0.2, 0.25) is 19.6 Å². The van der Waals surface area contributed by atoms with Crippen molar-refractivity contribution in [2.24, 2.45) is 0 Å². The van der Waals surface area contributed by atoms with Crippen molar-refractivity contribution < 1.29 is 14.3 Å². The zero-order chi connectivity index (χ0) is 18.8. The third-order valence-corrected chi connectivity index (χ3v) is 4.30. The summed E-state index contributed by atoms with van der Waals surface area (Å²) in [5.41, 5.74) is 1.48. The summed E-state index contributed by atoms with van der Waals surface area (Å²) in [7, 11) is -1.69. The first kappa shape index (κ1) is 19.0. The van der Waals surface area contributed by atoms with E-state index in [9.17, 15) is 14.4 Å². The van der Waals surface area contributed by atoms with Crippen LogP contribution in [0.25, 0.3) is 0 Å². The number of nitrogens with one attached hydrogen (secondary N) is 1. The van der Waals surface area contributed by atoms with E-state index in [1.54, 1.807) is 19.1 Å². The summed E-state index contributed by atoms with van der Waals surface area (Å²) in [6, 6.07) is 0. The highest BCUT2D eigenvalue weighted by Gasteiger charge is 2.37. The molecule has 7 nitrogen and oxygen atoms in total. The third kappa shape index (κ3) is 4.81. The number of nitrogens with zero attached hydrogens (tertiary/aromatic N) is 1. The van der Waals surface area contributed by atoms with Crippen molar-refractivity contribution in [3.63, 3.8) is 0 Å². The van der Waals surface area contributed by atoms with Gasteiger partial charge in [0.2, 0.25) is 0 Å². The highest BCUT2D eigenvalue weighted by atomic mass is 28.3. The Hall–Kier alpha value is -2.37. The third-order valence-electron chi connectivity index (χ3n) is 3.42. The van der Waals surface area contributed by atoms with Crippen LogP contribution < -0.4 is 11.2 Å². The van der Waals surface area contributed by atoms with E-state index in [0.29, 0.717) is 5.56 Å². The van der Waals surface area contributed by atoms with E-state index in [1.807, 2.05) is 0 Å². The molecule has 0 saturated heterocycles. The van der Waals surface area contributed by atoms with Gasteiger partial charge in [-0.05, 0) is 19.1 Å². The van der Waals surface area contributed by atoms with Gasteiger partial charge in [0.15, 0.2) is 11.8 Å². The van der Waals surface area contributed by atoms with Crippen LogP contribution in [0.4, 0.5) is 0 Å². The van der Waals surface area contributed by atoms with Gasteiger partial charge in [0, 0.05) is 18.7 Å². The summed E-state index contributed by atoms with van der Waals surface area (Å²) in [5, 5.41) is 0. The number of carbonyl (C=O) groups excluding carboxylic acids is 1. The number of carbonyl (C=O) groups is 1. The molecule has 0 radical (unpaired) electrons. The van der Waals surface area contributed by atoms with Crippen LogP contribution in [0.15, 0.2) is 27.9 Å². The summed E-state index contributed by atoms with van der Waals surface area (Å²) in [5.74, 6) is 2.64. The molecule has 8 heteroatoms. The van der Waals surface area contributed by atoms with Gasteiger partial charge in [0.25, 0.3) is 5.56 Å². The monoisotopic (exact) mass is 362 g/mol. The Morgan fingerprint density at radius 3 is 2.72 bits per heavy atom. The predicted octanol–water partition coefficient (Wildman–Crippen LogP) is 1.11. The van der Waals surface area contributed by atoms with E-state index in [1.165, 1.54) is 17.7 Å². The molecule has 2 rings (SSSR count). The molecule has 134 valence electrons. The second kappa shape index (κ2) is 6.86. The van der Waals surface area contributed by atoms with Gasteiger partial charge in [-0.2, -0.15) is 0 Å². The van der Waals surface area contributed by atoms with Crippen LogP contribution in [-0.4, -0.2) is 35.8 Å². The molecule has 1 aliphatic rings. The van der Waals surface area contributed by atoms with Crippen LogP contribution in [0.3, 0.4) is 0 Å². The average Bonchev–Trinajstić information content (AvgIpc) is 2.91. The maximum atomic E-state index is 12.1. The molecule has 0 saturated carbocycles. The summed E-state index contributed by atoms with van der Waals surface area (Å²) in [6.07, 6.45) is 4.06. The molecule has 1 aliphatic heterocycles. The lowest BCUT2D eigenvalue weighted by Gasteiger charge is -2.24. The summed E-state index contributed by atoms with van der Waals surface area (Å²) >= 11 is 0. The maximum Gasteiger partial charge on any atom is 0.330 e. The van der Waals surface area contributed by atoms with Crippen molar-refractivity contribution in [3.8, 4) is 11.5 Å². The molecule has 1 N–H and O–H groups in total. The number of aryl methyl sites for hydroxylation is 1. The van der Waals surface area contributed by atoms with E-state index in [-0.39, 0.29) is 6.61 Å². The fourth-order valence-electron chi connectivity index (χ4n) is 2.15. The topological polar surface area (TPSA) is 90.4 Å². The van der Waals surface area contributed by atoms with Gasteiger partial charge in [-0.1, -0.05) is 25.6 Å². The molecule has 1 aromatic heterocycles. The van der Waals surface area contributed by atoms with Gasteiger partial charge < -0.3 is 9.47 Å². The minimum absolute atomic E-state index is 0.0656. The first-order chi connectivity index (χ1) is 11.5. The van der Waals surface area contributed by atoms with Crippen molar-refractivity contribution in [1.82, 2.24) is 9.55 Å². The molecule has 0 aromatic carbocycles. The number of ether oxygens (including phenoxy) is 2. The molecule has 1 aromatic rings. The van der Waals surface area contributed by atoms with Crippen molar-refractivity contribution >= 4 is 14.0 Å². The number of aromatic nitrogens is 2. The Morgan fingerprint density at radius 1 is 1.44 bits per heavy atom. The van der Waals surface area contributed by atoms with Crippen molar-refractivity contribution in [2.75, 3.05) is 6.61 Å². The van der Waals surface area contributed by atoms with Gasteiger partial charge in [0.1, 0.15) is 14.7 Å². The van der Waals surface area contributed by atoms with Gasteiger partial charge >= 0.3 is 11.7 Å². The Balaban J connectivity index is 2.36. The zero-order valence-corrected chi connectivity index (χ0v) is 16.0. The molecule has 25 heavy (non-hydrogen) atoms. The smallest absolute Gasteiger partial charge is 0.330 e. The van der Waals surface area contributed by atoms with E-state index < -0.39 is 37.1 Å². The minimum Gasteiger partial charge on any atom is -0.461 e. The van der Waals surface area contributed by atoms with Crippen LogP contribution >= 0.6 is 0 Å². The maximum absolute atomic E-state index is 12.1. The number of hydrogen-bond acceptors (Lipinski definition) is 5. The van der Waals surface area contributed by atoms with Gasteiger partial charge in [-0.15, -0.1) is 5.54 Å². The Labute approximate surface area is 146 Å². The normalized spacial score (nSPS) is 22.4. The molecular weight excluding hydrogens is 340 g/mol. The molecule has 0 amide bonds. The fraction of sp³-hybridized carbons (Fsp3) is 0.471. The molecule has 0 bridgehead atoms. The number of H-pyrrole nitrogens is 1. The second-order valence-electron chi connectivity index (χ2n) is 7.02. The van der Waals surface area contributed by atoms with Crippen molar-refractivity contribution in [3.05, 3.63) is 44.8 Å². The van der Waals surface area contributed by atoms with Crippen LogP contribution in [0.5, 0.6) is 0 Å². The van der Waals surface area contributed by atoms with E-state index in [2.05, 4.69) is 36.1 Å². The largest absolute Gasteiger partial charge is 0.461 e. The summed E-state index contributed by atoms with van der Waals surface area (Å²) in [6.45, 7) is 9.11. The van der Waals surface area contributed by atoms with Gasteiger partial charge in [-0.3, -0.25) is 19.1 Å².